The van der Waals surface area contributed by atoms with Crippen LogP contribution in [0.3, 0.4) is 0 Å². The Morgan fingerprint density at radius 2 is 2.06 bits per heavy atom. The summed E-state index contributed by atoms with van der Waals surface area (Å²) in [5.74, 6) is 0. The molecule has 0 unspecified atom stereocenters. The first-order chi connectivity index (χ1) is 8.19. The molecule has 0 saturated carbocycles. The first-order valence-electron chi connectivity index (χ1n) is 6.67. The Morgan fingerprint density at radius 1 is 1.24 bits per heavy atom. The molecule has 0 bridgehead atoms. The maximum Gasteiger partial charge on any atom is 0.0237 e. The largest absolute Gasteiger partial charge is 0.308 e. The zero-order chi connectivity index (χ0) is 12.3. The van der Waals surface area contributed by atoms with E-state index in [-0.39, 0.29) is 0 Å². The highest BCUT2D eigenvalue weighted by atomic mass is 15.2. The van der Waals surface area contributed by atoms with Crippen molar-refractivity contribution in [2.45, 2.75) is 26.3 Å². The van der Waals surface area contributed by atoms with Gasteiger partial charge in [0.1, 0.15) is 0 Å². The number of hydrogen-bond acceptors (Lipinski definition) is 2. The van der Waals surface area contributed by atoms with Gasteiger partial charge in [0.05, 0.1) is 0 Å². The van der Waals surface area contributed by atoms with Gasteiger partial charge in [-0.05, 0) is 43.6 Å². The van der Waals surface area contributed by atoms with E-state index in [1.54, 1.807) is 5.56 Å². The van der Waals surface area contributed by atoms with E-state index in [0.717, 1.165) is 19.5 Å². The Kier molecular flexibility index (Phi) is 4.19. The molecule has 1 aliphatic rings. The lowest BCUT2D eigenvalue weighted by Gasteiger charge is -2.30. The van der Waals surface area contributed by atoms with E-state index < -0.39 is 0 Å². The summed E-state index contributed by atoms with van der Waals surface area (Å²) in [6, 6.07) is 7.02. The van der Waals surface area contributed by atoms with E-state index >= 15 is 0 Å². The molecule has 1 aromatic carbocycles. The van der Waals surface area contributed by atoms with Crippen LogP contribution in [0.25, 0.3) is 0 Å². The molecule has 0 aliphatic carbocycles. The average molecular weight is 232 g/mol. The highest BCUT2D eigenvalue weighted by Gasteiger charge is 2.15. The minimum atomic E-state index is 1.13. The van der Waals surface area contributed by atoms with Gasteiger partial charge in [-0.15, -0.1) is 0 Å². The molecule has 0 aromatic heterocycles. The summed E-state index contributed by atoms with van der Waals surface area (Å²) >= 11 is 0. The lowest BCUT2D eigenvalue weighted by molar-refractivity contribution is 0.225. The Hall–Kier alpha value is -0.860. The van der Waals surface area contributed by atoms with Crippen molar-refractivity contribution in [3.8, 4) is 0 Å². The lowest BCUT2D eigenvalue weighted by atomic mass is 9.96. The minimum Gasteiger partial charge on any atom is -0.308 e. The summed E-state index contributed by atoms with van der Waals surface area (Å²) in [5.41, 5.74) is 4.59. The first-order valence-corrected chi connectivity index (χ1v) is 6.67. The number of rotatable bonds is 4. The predicted octanol–water partition coefficient (Wildman–Crippen LogP) is 2.17. The standard InChI is InChI=1S/C15H24N2/c1-4-13-5-6-15-12-17(10-9-16(2)3)8-7-14(15)11-13/h5-6,11H,4,7-10,12H2,1-3H3. The molecule has 0 amide bonds. The third-order valence-electron chi connectivity index (χ3n) is 3.63. The van der Waals surface area contributed by atoms with Crippen molar-refractivity contribution >= 4 is 0 Å². The van der Waals surface area contributed by atoms with Gasteiger partial charge >= 0.3 is 0 Å². The molecule has 0 spiro atoms. The van der Waals surface area contributed by atoms with E-state index in [1.165, 1.54) is 30.6 Å². The summed E-state index contributed by atoms with van der Waals surface area (Å²) in [5, 5.41) is 0. The third kappa shape index (κ3) is 3.30. The van der Waals surface area contributed by atoms with Gasteiger partial charge in [0.2, 0.25) is 0 Å². The van der Waals surface area contributed by atoms with Crippen LogP contribution in [0.5, 0.6) is 0 Å². The molecule has 2 heteroatoms. The van der Waals surface area contributed by atoms with Crippen LogP contribution in [0.4, 0.5) is 0 Å². The van der Waals surface area contributed by atoms with Crippen LogP contribution in [0, 0.1) is 0 Å². The lowest BCUT2D eigenvalue weighted by Crippen LogP contribution is -2.35. The fourth-order valence-corrected chi connectivity index (χ4v) is 2.42. The van der Waals surface area contributed by atoms with Crippen molar-refractivity contribution in [3.05, 3.63) is 34.9 Å². The van der Waals surface area contributed by atoms with Gasteiger partial charge in [0.25, 0.3) is 0 Å². The van der Waals surface area contributed by atoms with Crippen LogP contribution in [0.1, 0.15) is 23.6 Å². The summed E-state index contributed by atoms with van der Waals surface area (Å²) in [6.07, 6.45) is 2.37. The Labute approximate surface area is 105 Å². The fraction of sp³-hybridized carbons (Fsp3) is 0.600. The molecule has 2 nitrogen and oxygen atoms in total. The average Bonchev–Trinajstić information content (AvgIpc) is 2.35. The monoisotopic (exact) mass is 232 g/mol. The van der Waals surface area contributed by atoms with Crippen molar-refractivity contribution in [1.82, 2.24) is 9.80 Å². The third-order valence-corrected chi connectivity index (χ3v) is 3.63. The molecular weight excluding hydrogens is 208 g/mol. The fourth-order valence-electron chi connectivity index (χ4n) is 2.42. The maximum absolute atomic E-state index is 2.56. The number of fused-ring (bicyclic) bond motifs is 1. The number of benzene rings is 1. The molecule has 1 heterocycles. The predicted molar refractivity (Wildman–Crippen MR) is 73.4 cm³/mol. The normalized spacial score (nSPS) is 16.2. The van der Waals surface area contributed by atoms with Crippen molar-refractivity contribution in [3.63, 3.8) is 0 Å². The molecule has 0 N–H and O–H groups in total. The minimum absolute atomic E-state index is 1.13. The van der Waals surface area contributed by atoms with Gasteiger partial charge in [0, 0.05) is 26.2 Å². The number of likely N-dealkylation sites (N-methyl/N-ethyl adjacent to an activating group) is 1. The van der Waals surface area contributed by atoms with Crippen LogP contribution in [-0.4, -0.2) is 43.5 Å². The van der Waals surface area contributed by atoms with Crippen LogP contribution in [0.2, 0.25) is 0 Å². The van der Waals surface area contributed by atoms with E-state index in [0.29, 0.717) is 0 Å². The molecular formula is C15H24N2. The molecule has 0 atom stereocenters. The van der Waals surface area contributed by atoms with Gasteiger partial charge in [-0.3, -0.25) is 4.90 Å². The highest BCUT2D eigenvalue weighted by Crippen LogP contribution is 2.20. The SMILES string of the molecule is CCc1ccc2c(c1)CCN(CCN(C)C)C2. The zero-order valence-corrected chi connectivity index (χ0v) is 11.4. The van der Waals surface area contributed by atoms with Gasteiger partial charge in [-0.2, -0.15) is 0 Å². The summed E-state index contributed by atoms with van der Waals surface area (Å²) in [7, 11) is 4.29. The molecule has 2 rings (SSSR count). The second-order valence-corrected chi connectivity index (χ2v) is 5.29. The molecule has 17 heavy (non-hydrogen) atoms. The van der Waals surface area contributed by atoms with E-state index in [2.05, 4.69) is 49.0 Å². The first kappa shape index (κ1) is 12.6. The van der Waals surface area contributed by atoms with Crippen molar-refractivity contribution < 1.29 is 0 Å². The topological polar surface area (TPSA) is 6.48 Å². The summed E-state index contributed by atoms with van der Waals surface area (Å²) in [6.45, 7) is 6.92. The van der Waals surface area contributed by atoms with Gasteiger partial charge in [-0.25, -0.2) is 0 Å². The van der Waals surface area contributed by atoms with Gasteiger partial charge < -0.3 is 4.90 Å². The zero-order valence-electron chi connectivity index (χ0n) is 11.4. The smallest absolute Gasteiger partial charge is 0.0237 e. The van der Waals surface area contributed by atoms with Gasteiger partial charge in [0.15, 0.2) is 0 Å². The van der Waals surface area contributed by atoms with E-state index in [9.17, 15) is 0 Å². The highest BCUT2D eigenvalue weighted by molar-refractivity contribution is 5.33. The Morgan fingerprint density at radius 3 is 2.76 bits per heavy atom. The Balaban J connectivity index is 1.99. The quantitative estimate of drug-likeness (QED) is 0.785. The molecule has 0 radical (unpaired) electrons. The second-order valence-electron chi connectivity index (χ2n) is 5.29. The molecule has 94 valence electrons. The molecule has 1 aliphatic heterocycles. The molecule has 0 saturated heterocycles. The molecule has 0 fully saturated rings. The van der Waals surface area contributed by atoms with E-state index in [1.807, 2.05) is 0 Å². The van der Waals surface area contributed by atoms with Crippen LogP contribution in [0.15, 0.2) is 18.2 Å². The van der Waals surface area contributed by atoms with Crippen LogP contribution in [-0.2, 0) is 19.4 Å². The number of nitrogens with zero attached hydrogens (tertiary/aromatic N) is 2. The van der Waals surface area contributed by atoms with Crippen LogP contribution >= 0.6 is 0 Å². The van der Waals surface area contributed by atoms with Crippen molar-refractivity contribution in [2.24, 2.45) is 0 Å². The maximum atomic E-state index is 2.56. The number of aryl methyl sites for hydroxylation is 1. The molecule has 1 aromatic rings. The van der Waals surface area contributed by atoms with Crippen molar-refractivity contribution in [2.75, 3.05) is 33.7 Å². The van der Waals surface area contributed by atoms with E-state index in [4.69, 9.17) is 0 Å². The summed E-state index contributed by atoms with van der Waals surface area (Å²) in [4.78, 5) is 4.82. The number of hydrogen-bond donors (Lipinski definition) is 0. The summed E-state index contributed by atoms with van der Waals surface area (Å²) < 4.78 is 0. The van der Waals surface area contributed by atoms with Gasteiger partial charge in [-0.1, -0.05) is 25.1 Å². The van der Waals surface area contributed by atoms with Crippen molar-refractivity contribution in [1.29, 1.82) is 0 Å². The Bertz CT molecular complexity index is 371. The van der Waals surface area contributed by atoms with Crippen LogP contribution < -0.4 is 0 Å². The second kappa shape index (κ2) is 5.65.